The van der Waals surface area contributed by atoms with Gasteiger partial charge in [-0.1, -0.05) is 5.16 Å². The van der Waals surface area contributed by atoms with Crippen LogP contribution in [0, 0.1) is 6.92 Å². The SMILES string of the molecule is Cc1cc(CC(=O)Nc2cc([C@@H]3CCC(N(C)C(=O)NC(C)C)C3)[nH]n2)on1. The molecule has 9 nitrogen and oxygen atoms in total. The smallest absolute Gasteiger partial charge is 0.317 e. The Bertz CT molecular complexity index is 827. The molecule has 1 unspecified atom stereocenters. The van der Waals surface area contributed by atoms with E-state index < -0.39 is 0 Å². The summed E-state index contributed by atoms with van der Waals surface area (Å²) in [4.78, 5) is 26.1. The van der Waals surface area contributed by atoms with Crippen molar-refractivity contribution in [2.45, 2.75) is 64.5 Å². The Labute approximate surface area is 164 Å². The van der Waals surface area contributed by atoms with Crippen LogP contribution in [0.25, 0.3) is 0 Å². The number of carbonyl (C=O) groups excluding carboxylic acids is 2. The Morgan fingerprint density at radius 2 is 2.14 bits per heavy atom. The lowest BCUT2D eigenvalue weighted by Crippen LogP contribution is -2.45. The Morgan fingerprint density at radius 3 is 2.82 bits per heavy atom. The maximum atomic E-state index is 12.2. The third-order valence-corrected chi connectivity index (χ3v) is 5.00. The van der Waals surface area contributed by atoms with Gasteiger partial charge in [-0.3, -0.25) is 9.89 Å². The second-order valence-electron chi connectivity index (χ2n) is 7.75. The first-order valence-corrected chi connectivity index (χ1v) is 9.62. The summed E-state index contributed by atoms with van der Waals surface area (Å²) in [5, 5.41) is 16.7. The van der Waals surface area contributed by atoms with Gasteiger partial charge in [-0.05, 0) is 40.0 Å². The van der Waals surface area contributed by atoms with E-state index in [1.54, 1.807) is 11.0 Å². The van der Waals surface area contributed by atoms with Gasteiger partial charge in [-0.25, -0.2) is 4.79 Å². The highest BCUT2D eigenvalue weighted by atomic mass is 16.5. The van der Waals surface area contributed by atoms with E-state index in [4.69, 9.17) is 4.52 Å². The van der Waals surface area contributed by atoms with E-state index in [1.165, 1.54) is 0 Å². The van der Waals surface area contributed by atoms with Crippen LogP contribution in [0.1, 0.15) is 56.2 Å². The summed E-state index contributed by atoms with van der Waals surface area (Å²) in [6.07, 6.45) is 2.90. The maximum Gasteiger partial charge on any atom is 0.317 e. The monoisotopic (exact) mass is 388 g/mol. The number of amides is 3. The molecule has 1 fully saturated rings. The van der Waals surface area contributed by atoms with Crippen LogP contribution in [0.5, 0.6) is 0 Å². The fourth-order valence-electron chi connectivity index (χ4n) is 3.56. The summed E-state index contributed by atoms with van der Waals surface area (Å²) in [5.74, 6) is 1.09. The third kappa shape index (κ3) is 4.90. The van der Waals surface area contributed by atoms with Gasteiger partial charge in [-0.15, -0.1) is 0 Å². The van der Waals surface area contributed by atoms with Gasteiger partial charge in [0.1, 0.15) is 5.76 Å². The standard InChI is InChI=1S/C19H28N6O3/c1-11(2)20-19(27)25(4)14-6-5-13(8-14)16-10-17(23-22-16)21-18(26)9-15-7-12(3)24-28-15/h7,10-11,13-14H,5-6,8-9H2,1-4H3,(H,20,27)(H2,21,22,23,26)/t13-,14?/m1/s1. The van der Waals surface area contributed by atoms with Crippen molar-refractivity contribution in [2.24, 2.45) is 0 Å². The van der Waals surface area contributed by atoms with Crippen LogP contribution in [-0.4, -0.2) is 51.3 Å². The van der Waals surface area contributed by atoms with Crippen molar-refractivity contribution < 1.29 is 14.1 Å². The van der Waals surface area contributed by atoms with Gasteiger partial charge >= 0.3 is 6.03 Å². The van der Waals surface area contributed by atoms with Crippen LogP contribution in [0.15, 0.2) is 16.7 Å². The van der Waals surface area contributed by atoms with Gasteiger partial charge < -0.3 is 20.1 Å². The molecule has 0 aliphatic heterocycles. The Hall–Kier alpha value is -2.84. The fraction of sp³-hybridized carbons (Fsp3) is 0.579. The minimum atomic E-state index is -0.205. The number of rotatable bonds is 6. The highest BCUT2D eigenvalue weighted by Crippen LogP contribution is 2.36. The Balaban J connectivity index is 1.52. The molecule has 28 heavy (non-hydrogen) atoms. The molecule has 1 saturated carbocycles. The molecule has 3 amide bonds. The van der Waals surface area contributed by atoms with Crippen LogP contribution in [-0.2, 0) is 11.2 Å². The number of H-pyrrole nitrogens is 1. The first-order valence-electron chi connectivity index (χ1n) is 9.62. The summed E-state index contributed by atoms with van der Waals surface area (Å²) in [6, 6.07) is 3.87. The molecular weight excluding hydrogens is 360 g/mol. The number of aromatic nitrogens is 3. The molecule has 3 N–H and O–H groups in total. The van der Waals surface area contributed by atoms with Crippen LogP contribution >= 0.6 is 0 Å². The minimum Gasteiger partial charge on any atom is -0.361 e. The van der Waals surface area contributed by atoms with E-state index in [1.807, 2.05) is 33.9 Å². The van der Waals surface area contributed by atoms with E-state index >= 15 is 0 Å². The highest BCUT2D eigenvalue weighted by Gasteiger charge is 2.32. The van der Waals surface area contributed by atoms with Crippen molar-refractivity contribution in [3.05, 3.63) is 29.3 Å². The first-order chi connectivity index (χ1) is 13.3. The molecule has 2 atom stereocenters. The maximum absolute atomic E-state index is 12.2. The summed E-state index contributed by atoms with van der Waals surface area (Å²) >= 11 is 0. The molecule has 152 valence electrons. The molecule has 0 saturated heterocycles. The fourth-order valence-corrected chi connectivity index (χ4v) is 3.56. The summed E-state index contributed by atoms with van der Waals surface area (Å²) < 4.78 is 5.06. The highest BCUT2D eigenvalue weighted by molar-refractivity contribution is 5.91. The Morgan fingerprint density at radius 1 is 1.36 bits per heavy atom. The topological polar surface area (TPSA) is 116 Å². The Kier molecular flexibility index (Phi) is 6.01. The third-order valence-electron chi connectivity index (χ3n) is 5.00. The zero-order valence-corrected chi connectivity index (χ0v) is 16.8. The van der Waals surface area contributed by atoms with Crippen molar-refractivity contribution in [1.29, 1.82) is 0 Å². The predicted octanol–water partition coefficient (Wildman–Crippen LogP) is 2.57. The van der Waals surface area contributed by atoms with E-state index in [0.717, 1.165) is 30.7 Å². The molecule has 0 spiro atoms. The van der Waals surface area contributed by atoms with Crippen molar-refractivity contribution in [2.75, 3.05) is 12.4 Å². The zero-order valence-electron chi connectivity index (χ0n) is 16.8. The molecule has 1 aliphatic rings. The molecule has 1 aliphatic carbocycles. The summed E-state index contributed by atoms with van der Waals surface area (Å²) in [5.41, 5.74) is 1.72. The average molecular weight is 388 g/mol. The normalized spacial score (nSPS) is 19.0. The van der Waals surface area contributed by atoms with Gasteiger partial charge in [0, 0.05) is 42.9 Å². The predicted molar refractivity (Wildman–Crippen MR) is 104 cm³/mol. The van der Waals surface area contributed by atoms with E-state index in [0.29, 0.717) is 11.6 Å². The van der Waals surface area contributed by atoms with E-state index in [2.05, 4.69) is 26.0 Å². The lowest BCUT2D eigenvalue weighted by molar-refractivity contribution is -0.115. The number of carbonyl (C=O) groups is 2. The number of aryl methyl sites for hydroxylation is 1. The van der Waals surface area contributed by atoms with Crippen LogP contribution in [0.3, 0.4) is 0 Å². The average Bonchev–Trinajstić information content (AvgIpc) is 3.34. The molecule has 2 heterocycles. The van der Waals surface area contributed by atoms with E-state index in [-0.39, 0.29) is 36.4 Å². The molecule has 3 rings (SSSR count). The molecule has 0 radical (unpaired) electrons. The molecular formula is C19H28N6O3. The second-order valence-corrected chi connectivity index (χ2v) is 7.75. The number of hydrogen-bond donors (Lipinski definition) is 3. The molecule has 0 aromatic carbocycles. The number of nitrogens with one attached hydrogen (secondary N) is 3. The van der Waals surface area contributed by atoms with Gasteiger partial charge in [-0.2, -0.15) is 5.10 Å². The van der Waals surface area contributed by atoms with Gasteiger partial charge in [0.2, 0.25) is 5.91 Å². The van der Waals surface area contributed by atoms with Crippen molar-refractivity contribution >= 4 is 17.8 Å². The van der Waals surface area contributed by atoms with Crippen molar-refractivity contribution in [3.63, 3.8) is 0 Å². The van der Waals surface area contributed by atoms with Gasteiger partial charge in [0.15, 0.2) is 5.82 Å². The number of hydrogen-bond acceptors (Lipinski definition) is 5. The lowest BCUT2D eigenvalue weighted by Gasteiger charge is -2.26. The number of anilines is 1. The minimum absolute atomic E-state index is 0.0409. The van der Waals surface area contributed by atoms with Gasteiger partial charge in [0.25, 0.3) is 0 Å². The summed E-state index contributed by atoms with van der Waals surface area (Å²) in [6.45, 7) is 5.71. The van der Waals surface area contributed by atoms with Crippen molar-refractivity contribution in [3.8, 4) is 0 Å². The zero-order chi connectivity index (χ0) is 20.3. The van der Waals surface area contributed by atoms with Crippen molar-refractivity contribution in [1.82, 2.24) is 25.6 Å². The van der Waals surface area contributed by atoms with Gasteiger partial charge in [0.05, 0.1) is 12.1 Å². The van der Waals surface area contributed by atoms with Crippen LogP contribution < -0.4 is 10.6 Å². The number of aromatic amines is 1. The molecule has 0 bridgehead atoms. The largest absolute Gasteiger partial charge is 0.361 e. The first kappa shape index (κ1) is 19.9. The molecule has 9 heteroatoms. The number of urea groups is 1. The molecule has 2 aromatic heterocycles. The summed E-state index contributed by atoms with van der Waals surface area (Å²) in [7, 11) is 1.84. The lowest BCUT2D eigenvalue weighted by atomic mass is 10.0. The number of nitrogens with zero attached hydrogens (tertiary/aromatic N) is 3. The quantitative estimate of drug-likeness (QED) is 0.703. The van der Waals surface area contributed by atoms with E-state index in [9.17, 15) is 9.59 Å². The second kappa shape index (κ2) is 8.45. The molecule has 2 aromatic rings. The van der Waals surface area contributed by atoms with Crippen LogP contribution in [0.4, 0.5) is 10.6 Å². The van der Waals surface area contributed by atoms with Crippen LogP contribution in [0.2, 0.25) is 0 Å².